The van der Waals surface area contributed by atoms with Crippen LogP contribution in [-0.2, 0) is 28.8 Å². The van der Waals surface area contributed by atoms with Crippen LogP contribution < -0.4 is 49.5 Å². The van der Waals surface area contributed by atoms with Crippen molar-refractivity contribution in [3.05, 3.63) is 0 Å². The Labute approximate surface area is 239 Å². The summed E-state index contributed by atoms with van der Waals surface area (Å²) in [6.45, 7) is 2.85. The number of hydrogen-bond acceptors (Lipinski definition) is 9. The molecule has 41 heavy (non-hydrogen) atoms. The van der Waals surface area contributed by atoms with Gasteiger partial charge in [0.05, 0.1) is 19.6 Å². The van der Waals surface area contributed by atoms with E-state index in [1.165, 1.54) is 0 Å². The molecular weight excluding hydrogens is 540 g/mol. The molecule has 0 aromatic heterocycles. The molecule has 0 saturated carbocycles. The third-order valence-electron chi connectivity index (χ3n) is 5.57. The zero-order valence-electron chi connectivity index (χ0n) is 23.7. The Morgan fingerprint density at radius 1 is 0.732 bits per heavy atom. The summed E-state index contributed by atoms with van der Waals surface area (Å²) in [5.41, 5.74) is 21.4. The fraction of sp³-hybridized carbons (Fsp3) is 0.708. The van der Waals surface area contributed by atoms with E-state index in [4.69, 9.17) is 22.9 Å². The van der Waals surface area contributed by atoms with E-state index in [2.05, 4.69) is 31.6 Å². The molecule has 5 amide bonds. The van der Waals surface area contributed by atoms with Crippen LogP contribution in [-0.4, -0.2) is 97.4 Å². The molecule has 0 rings (SSSR count). The zero-order valence-corrected chi connectivity index (χ0v) is 23.7. The van der Waals surface area contributed by atoms with Gasteiger partial charge in [0.2, 0.25) is 29.5 Å². The van der Waals surface area contributed by atoms with Crippen molar-refractivity contribution in [2.75, 3.05) is 32.7 Å². The van der Waals surface area contributed by atoms with Crippen molar-refractivity contribution in [2.24, 2.45) is 33.8 Å². The molecule has 0 aliphatic heterocycles. The minimum absolute atomic E-state index is 0.00874. The second kappa shape index (κ2) is 20.8. The number of carbonyl (C=O) groups excluding carboxylic acids is 5. The van der Waals surface area contributed by atoms with Crippen LogP contribution in [0.2, 0.25) is 0 Å². The minimum atomic E-state index is -1.20. The normalized spacial score (nSPS) is 12.8. The van der Waals surface area contributed by atoms with Crippen molar-refractivity contribution in [1.82, 2.24) is 26.6 Å². The van der Waals surface area contributed by atoms with Crippen LogP contribution in [0.3, 0.4) is 0 Å². The Balaban J connectivity index is 5.18. The van der Waals surface area contributed by atoms with E-state index in [1.807, 2.05) is 0 Å². The second-order valence-electron chi connectivity index (χ2n) is 9.70. The molecule has 14 N–H and O–H groups in total. The summed E-state index contributed by atoms with van der Waals surface area (Å²) in [5.74, 6) is -4.63. The zero-order chi connectivity index (χ0) is 31.4. The number of carboxylic acids is 1. The van der Waals surface area contributed by atoms with Crippen LogP contribution in [0.25, 0.3) is 0 Å². The van der Waals surface area contributed by atoms with Crippen LogP contribution in [0.4, 0.5) is 0 Å². The molecule has 0 heterocycles. The monoisotopic (exact) mass is 586 g/mol. The summed E-state index contributed by atoms with van der Waals surface area (Å²) in [4.78, 5) is 77.1. The smallest absolute Gasteiger partial charge is 0.326 e. The van der Waals surface area contributed by atoms with Gasteiger partial charge in [0.15, 0.2) is 5.96 Å². The first-order valence-electron chi connectivity index (χ1n) is 13.4. The molecule has 3 atom stereocenters. The van der Waals surface area contributed by atoms with E-state index in [1.54, 1.807) is 13.8 Å². The third kappa shape index (κ3) is 18.1. The van der Waals surface area contributed by atoms with Crippen molar-refractivity contribution in [1.29, 1.82) is 0 Å². The van der Waals surface area contributed by atoms with Crippen LogP contribution >= 0.6 is 0 Å². The van der Waals surface area contributed by atoms with Gasteiger partial charge in [0.25, 0.3) is 0 Å². The number of carboxylic acid groups (broad SMARTS) is 1. The Bertz CT molecular complexity index is 909. The van der Waals surface area contributed by atoms with Crippen molar-refractivity contribution in [3.8, 4) is 0 Å². The second-order valence-corrected chi connectivity index (χ2v) is 9.70. The fourth-order valence-corrected chi connectivity index (χ4v) is 3.55. The molecule has 0 aromatic carbocycles. The van der Waals surface area contributed by atoms with Crippen molar-refractivity contribution in [2.45, 2.75) is 70.5 Å². The lowest BCUT2D eigenvalue weighted by Gasteiger charge is -2.21. The molecule has 17 heteroatoms. The number of unbranched alkanes of at least 4 members (excludes halogenated alkanes) is 1. The van der Waals surface area contributed by atoms with E-state index < -0.39 is 66.7 Å². The molecule has 0 aliphatic rings. The summed E-state index contributed by atoms with van der Waals surface area (Å²) in [6, 6.07) is -3.16. The topological polar surface area (TPSA) is 299 Å². The molecule has 0 spiro atoms. The van der Waals surface area contributed by atoms with E-state index in [-0.39, 0.29) is 44.2 Å². The maximum Gasteiger partial charge on any atom is 0.326 e. The summed E-state index contributed by atoms with van der Waals surface area (Å²) in [6.07, 6.45) is 2.05. The van der Waals surface area contributed by atoms with Crippen LogP contribution in [0, 0.1) is 5.92 Å². The Morgan fingerprint density at radius 3 is 1.66 bits per heavy atom. The Kier molecular flexibility index (Phi) is 18.8. The summed E-state index contributed by atoms with van der Waals surface area (Å²) >= 11 is 0. The first-order valence-corrected chi connectivity index (χ1v) is 13.4. The number of carbonyl (C=O) groups is 6. The van der Waals surface area contributed by atoms with Gasteiger partial charge in [-0.05, 0) is 51.0 Å². The van der Waals surface area contributed by atoms with Gasteiger partial charge in [-0.25, -0.2) is 4.79 Å². The largest absolute Gasteiger partial charge is 0.480 e. The molecule has 0 bridgehead atoms. The molecule has 0 fully saturated rings. The Morgan fingerprint density at radius 2 is 1.22 bits per heavy atom. The van der Waals surface area contributed by atoms with Crippen molar-refractivity contribution < 1.29 is 33.9 Å². The lowest BCUT2D eigenvalue weighted by atomic mass is 10.0. The lowest BCUT2D eigenvalue weighted by molar-refractivity contribution is -0.142. The molecule has 0 unspecified atom stereocenters. The molecule has 0 aromatic rings. The molecule has 17 nitrogen and oxygen atoms in total. The van der Waals surface area contributed by atoms with Gasteiger partial charge in [0.1, 0.15) is 18.1 Å². The number of amides is 5. The fourth-order valence-electron chi connectivity index (χ4n) is 3.55. The summed E-state index contributed by atoms with van der Waals surface area (Å²) in [5, 5.41) is 21.4. The van der Waals surface area contributed by atoms with Crippen LogP contribution in [0.1, 0.15) is 52.4 Å². The van der Waals surface area contributed by atoms with Gasteiger partial charge in [-0.2, -0.15) is 0 Å². The highest BCUT2D eigenvalue weighted by Crippen LogP contribution is 2.05. The molecule has 0 radical (unpaired) electrons. The molecule has 0 aliphatic carbocycles. The summed E-state index contributed by atoms with van der Waals surface area (Å²) < 4.78 is 0. The van der Waals surface area contributed by atoms with Gasteiger partial charge in [-0.3, -0.25) is 29.0 Å². The number of hydrogen-bond donors (Lipinski definition) is 10. The minimum Gasteiger partial charge on any atom is -0.480 e. The first kappa shape index (κ1) is 37.0. The van der Waals surface area contributed by atoms with Crippen molar-refractivity contribution in [3.63, 3.8) is 0 Å². The van der Waals surface area contributed by atoms with E-state index in [9.17, 15) is 33.9 Å². The number of aliphatic carboxylic acids is 1. The maximum atomic E-state index is 12.8. The number of nitrogens with zero attached hydrogens (tertiary/aromatic N) is 1. The molecular formula is C24H46N10O7. The van der Waals surface area contributed by atoms with Crippen LogP contribution in [0.5, 0.6) is 0 Å². The van der Waals surface area contributed by atoms with Gasteiger partial charge >= 0.3 is 5.97 Å². The molecule has 0 saturated heterocycles. The summed E-state index contributed by atoms with van der Waals surface area (Å²) in [7, 11) is 0. The van der Waals surface area contributed by atoms with Gasteiger partial charge < -0.3 is 54.6 Å². The first-order chi connectivity index (χ1) is 19.3. The number of aliphatic imine (C=N–C) groups is 1. The predicted octanol–water partition coefficient (Wildman–Crippen LogP) is -4.05. The average Bonchev–Trinajstić information content (AvgIpc) is 2.90. The average molecular weight is 587 g/mol. The van der Waals surface area contributed by atoms with E-state index >= 15 is 0 Å². The highest BCUT2D eigenvalue weighted by atomic mass is 16.4. The van der Waals surface area contributed by atoms with Gasteiger partial charge in [0, 0.05) is 6.54 Å². The quantitative estimate of drug-likeness (QED) is 0.0350. The predicted molar refractivity (Wildman–Crippen MR) is 151 cm³/mol. The number of guanidine groups is 1. The Hall–Kier alpha value is -3.99. The van der Waals surface area contributed by atoms with E-state index in [0.29, 0.717) is 25.8 Å². The maximum absolute atomic E-state index is 12.8. The van der Waals surface area contributed by atoms with E-state index in [0.717, 1.165) is 0 Å². The van der Waals surface area contributed by atoms with Gasteiger partial charge in [-0.1, -0.05) is 13.8 Å². The van der Waals surface area contributed by atoms with Crippen molar-refractivity contribution >= 4 is 41.5 Å². The SMILES string of the molecule is CC(C)C[C@H](NC(=O)CNC(=O)[C@H](CCCN=C(N)N)NC(=O)CNC(=O)[C@H](CCCCN)NC(=O)CN)C(=O)O. The number of rotatable bonds is 21. The standard InChI is InChI=1S/C24H46N10O7/c1-14(2)10-17(23(40)41)34-20(37)13-31-22(39)16(7-5-9-29-24(27)28)33-19(36)12-30-21(38)15(6-3-4-8-25)32-18(35)11-26/h14-17H,3-13,25-26H2,1-2H3,(H,30,38)(H,31,39)(H,32,35)(H,33,36)(H,34,37)(H,40,41)(H4,27,28,29)/t15-,16-,17-/m0/s1. The number of nitrogens with two attached hydrogens (primary N) is 4. The highest BCUT2D eigenvalue weighted by Gasteiger charge is 2.25. The highest BCUT2D eigenvalue weighted by molar-refractivity contribution is 5.94. The van der Waals surface area contributed by atoms with Crippen LogP contribution in [0.15, 0.2) is 4.99 Å². The van der Waals surface area contributed by atoms with Gasteiger partial charge in [-0.15, -0.1) is 0 Å². The number of nitrogens with one attached hydrogen (secondary N) is 5. The lowest BCUT2D eigenvalue weighted by Crippen LogP contribution is -2.53. The third-order valence-corrected chi connectivity index (χ3v) is 5.57. The molecule has 234 valence electrons.